The first-order chi connectivity index (χ1) is 17.3. The van der Waals surface area contributed by atoms with E-state index in [1.165, 1.54) is 66.4 Å². The Morgan fingerprint density at radius 3 is 1.83 bits per heavy atom. The summed E-state index contributed by atoms with van der Waals surface area (Å²) in [6.45, 7) is 24.1. The van der Waals surface area contributed by atoms with Gasteiger partial charge in [-0.15, -0.1) is 0 Å². The van der Waals surface area contributed by atoms with E-state index in [-0.39, 0.29) is 0 Å². The van der Waals surface area contributed by atoms with Crippen LogP contribution in [0, 0.1) is 12.3 Å². The molecule has 0 atom stereocenters. The number of rotatable bonds is 4. The lowest BCUT2D eigenvalue weighted by atomic mass is 9.67. The summed E-state index contributed by atoms with van der Waals surface area (Å²) in [5.74, 6) is 0. The first-order valence-corrected chi connectivity index (χ1v) is 14.4. The summed E-state index contributed by atoms with van der Waals surface area (Å²) >= 11 is 0. The molecule has 2 aliphatic rings. The third-order valence-electron chi connectivity index (χ3n) is 6.71. The van der Waals surface area contributed by atoms with Crippen LogP contribution in [-0.2, 0) is 0 Å². The molecule has 1 nitrogen and oxygen atoms in total. The molecule has 4 rings (SSSR count). The van der Waals surface area contributed by atoms with Crippen molar-refractivity contribution >= 4 is 17.0 Å². The molecule has 0 aliphatic heterocycles. The monoisotopic (exact) mass is 487 g/mol. The predicted molar refractivity (Wildman–Crippen MR) is 165 cm³/mol. The molecule has 36 heavy (non-hydrogen) atoms. The number of benzene rings is 2. The lowest BCUT2D eigenvalue weighted by Crippen LogP contribution is -2.24. The number of aliphatic imine (C=N–C) groups is 1. The largest absolute Gasteiger partial charge is 0.248 e. The number of fused-ring (bicyclic) bond motifs is 2. The van der Waals surface area contributed by atoms with Crippen LogP contribution in [0.4, 0.5) is 5.69 Å². The highest BCUT2D eigenvalue weighted by molar-refractivity contribution is 6.21. The van der Waals surface area contributed by atoms with Crippen molar-refractivity contribution in [2.45, 2.75) is 114 Å². The molecule has 0 aromatic heterocycles. The topological polar surface area (TPSA) is 12.4 Å². The number of unbranched alkanes of at least 4 members (excludes halogenated alkanes) is 3. The summed E-state index contributed by atoms with van der Waals surface area (Å²) in [7, 11) is 0. The van der Waals surface area contributed by atoms with Gasteiger partial charge in [-0.05, 0) is 66.0 Å². The Kier molecular flexibility index (Phi) is 14.4. The van der Waals surface area contributed by atoms with E-state index in [4.69, 9.17) is 4.99 Å². The standard InChI is InChI=1S/C24H25N.C5H12.C4H10.C2H6/c1-16-9-11-18(12-10-16)25-23-17(2)19-13-14-24(3,4)15-22(19)20-7-5-6-8-21(20)23;1-3-5-4-2;1-3-4-2;1-2/h5-12H,2,13-15H2,1,3-4H3;3-5H2,1-2H3;3-4H2,1-2H3;1-2H3. The Labute approximate surface area is 223 Å². The van der Waals surface area contributed by atoms with E-state index in [2.05, 4.69) is 104 Å². The summed E-state index contributed by atoms with van der Waals surface area (Å²) < 4.78 is 0. The maximum atomic E-state index is 4.99. The number of hydrogen-bond acceptors (Lipinski definition) is 1. The molecule has 0 amide bonds. The second-order valence-corrected chi connectivity index (χ2v) is 10.5. The molecule has 2 aliphatic carbocycles. The second kappa shape index (κ2) is 16.4. The van der Waals surface area contributed by atoms with Gasteiger partial charge in [-0.3, -0.25) is 0 Å². The summed E-state index contributed by atoms with van der Waals surface area (Å²) in [4.78, 5) is 4.99. The van der Waals surface area contributed by atoms with Crippen LogP contribution in [0.3, 0.4) is 0 Å². The Bertz CT molecular complexity index is 982. The fourth-order valence-electron chi connectivity index (χ4n) is 4.37. The SMILES string of the molecule is C=C1C(=Nc2ccc(C)cc2)c2ccccc2C2=C1CCC(C)(C)C2.CC.CCCC.CCCCC. The minimum absolute atomic E-state index is 0.359. The summed E-state index contributed by atoms with van der Waals surface area (Å²) in [6.07, 6.45) is 10.1. The first kappa shape index (κ1) is 31.6. The lowest BCUT2D eigenvalue weighted by molar-refractivity contribution is 0.333. The smallest absolute Gasteiger partial charge is 0.0784 e. The highest BCUT2D eigenvalue weighted by atomic mass is 14.8. The Morgan fingerprint density at radius 2 is 1.33 bits per heavy atom. The first-order valence-electron chi connectivity index (χ1n) is 14.4. The fourth-order valence-corrected chi connectivity index (χ4v) is 4.37. The van der Waals surface area contributed by atoms with Crippen molar-refractivity contribution in [3.05, 3.63) is 82.9 Å². The van der Waals surface area contributed by atoms with Gasteiger partial charge in [0.1, 0.15) is 0 Å². The van der Waals surface area contributed by atoms with Crippen molar-refractivity contribution in [3.63, 3.8) is 0 Å². The lowest BCUT2D eigenvalue weighted by Gasteiger charge is -2.37. The minimum atomic E-state index is 0.359. The predicted octanol–water partition coefficient (Wildman–Crippen LogP) is 11.7. The van der Waals surface area contributed by atoms with Gasteiger partial charge in [0.25, 0.3) is 0 Å². The van der Waals surface area contributed by atoms with E-state index in [1.54, 1.807) is 0 Å². The maximum absolute atomic E-state index is 4.99. The van der Waals surface area contributed by atoms with Crippen molar-refractivity contribution in [2.24, 2.45) is 10.4 Å². The van der Waals surface area contributed by atoms with E-state index in [0.717, 1.165) is 29.8 Å². The van der Waals surface area contributed by atoms with E-state index in [0.29, 0.717) is 5.41 Å². The normalized spacial score (nSPS) is 16.4. The average Bonchev–Trinajstić information content (AvgIpc) is 2.89. The third-order valence-corrected chi connectivity index (χ3v) is 6.71. The van der Waals surface area contributed by atoms with Crippen molar-refractivity contribution < 1.29 is 0 Å². The van der Waals surface area contributed by atoms with Crippen molar-refractivity contribution in [1.29, 1.82) is 0 Å². The van der Waals surface area contributed by atoms with Gasteiger partial charge in [0.05, 0.1) is 11.4 Å². The molecule has 2 aromatic carbocycles. The molecular formula is C35H53N. The van der Waals surface area contributed by atoms with Crippen LogP contribution in [0.15, 0.2) is 71.2 Å². The van der Waals surface area contributed by atoms with Crippen LogP contribution >= 0.6 is 0 Å². The quantitative estimate of drug-likeness (QED) is 0.406. The number of hydrogen-bond donors (Lipinski definition) is 0. The van der Waals surface area contributed by atoms with Gasteiger partial charge in [0.2, 0.25) is 0 Å². The van der Waals surface area contributed by atoms with Crippen molar-refractivity contribution in [2.75, 3.05) is 0 Å². The molecule has 0 saturated heterocycles. The minimum Gasteiger partial charge on any atom is -0.248 e. The number of nitrogens with zero attached hydrogens (tertiary/aromatic N) is 1. The molecule has 1 heteroatoms. The zero-order chi connectivity index (χ0) is 27.1. The van der Waals surface area contributed by atoms with E-state index >= 15 is 0 Å². The molecule has 0 bridgehead atoms. The van der Waals surface area contributed by atoms with E-state index in [9.17, 15) is 0 Å². The van der Waals surface area contributed by atoms with Crippen LogP contribution in [-0.4, -0.2) is 5.71 Å². The van der Waals surface area contributed by atoms with E-state index in [1.807, 2.05) is 13.8 Å². The number of aryl methyl sites for hydroxylation is 1. The molecule has 0 radical (unpaired) electrons. The number of allylic oxidation sites excluding steroid dienone is 3. The Balaban J connectivity index is 0.000000504. The molecule has 0 N–H and O–H groups in total. The van der Waals surface area contributed by atoms with Gasteiger partial charge < -0.3 is 0 Å². The van der Waals surface area contributed by atoms with Gasteiger partial charge in [0, 0.05) is 5.56 Å². The Morgan fingerprint density at radius 1 is 0.778 bits per heavy atom. The third kappa shape index (κ3) is 9.23. The maximum Gasteiger partial charge on any atom is 0.0784 e. The highest BCUT2D eigenvalue weighted by Gasteiger charge is 2.34. The molecule has 0 saturated carbocycles. The van der Waals surface area contributed by atoms with Gasteiger partial charge >= 0.3 is 0 Å². The second-order valence-electron chi connectivity index (χ2n) is 10.5. The van der Waals surface area contributed by atoms with Crippen molar-refractivity contribution in [3.8, 4) is 0 Å². The van der Waals surface area contributed by atoms with Crippen molar-refractivity contribution in [1.82, 2.24) is 0 Å². The van der Waals surface area contributed by atoms with Crippen LogP contribution in [0.5, 0.6) is 0 Å². The zero-order valence-corrected chi connectivity index (χ0v) is 24.9. The van der Waals surface area contributed by atoms with Gasteiger partial charge in [-0.2, -0.15) is 0 Å². The molecule has 2 aromatic rings. The summed E-state index contributed by atoms with van der Waals surface area (Å²) in [5.41, 5.74) is 10.3. The van der Waals surface area contributed by atoms with Crippen LogP contribution in [0.2, 0.25) is 0 Å². The fraction of sp³-hybridized carbons (Fsp3) is 0.514. The highest BCUT2D eigenvalue weighted by Crippen LogP contribution is 2.48. The van der Waals surface area contributed by atoms with E-state index < -0.39 is 0 Å². The zero-order valence-electron chi connectivity index (χ0n) is 24.9. The van der Waals surface area contributed by atoms with Gasteiger partial charge in [0.15, 0.2) is 0 Å². The molecule has 0 spiro atoms. The Hall–Kier alpha value is -2.41. The van der Waals surface area contributed by atoms with Crippen LogP contribution in [0.25, 0.3) is 5.57 Å². The molecule has 0 fully saturated rings. The van der Waals surface area contributed by atoms with Gasteiger partial charge in [-0.1, -0.05) is 136 Å². The van der Waals surface area contributed by atoms with Crippen LogP contribution in [0.1, 0.15) is 123 Å². The summed E-state index contributed by atoms with van der Waals surface area (Å²) in [6, 6.07) is 17.1. The molecule has 198 valence electrons. The molecule has 0 unspecified atom stereocenters. The molecule has 0 heterocycles. The molecular weight excluding hydrogens is 434 g/mol. The van der Waals surface area contributed by atoms with Gasteiger partial charge in [-0.25, -0.2) is 4.99 Å². The average molecular weight is 488 g/mol. The summed E-state index contributed by atoms with van der Waals surface area (Å²) in [5, 5.41) is 0. The van der Waals surface area contributed by atoms with Crippen LogP contribution < -0.4 is 0 Å².